The Bertz CT molecular complexity index is 382. The normalized spacial score (nSPS) is 15.3. The minimum atomic E-state index is -1.04. The maximum atomic E-state index is 10.5. The molecule has 1 aromatic heterocycles. The van der Waals surface area contributed by atoms with Gasteiger partial charge in [-0.15, -0.1) is 0 Å². The van der Waals surface area contributed by atoms with Crippen molar-refractivity contribution in [3.8, 4) is 0 Å². The lowest BCUT2D eigenvalue weighted by Crippen LogP contribution is -2.01. The molecule has 0 fully saturated rings. The molecule has 0 saturated carbocycles. The highest BCUT2D eigenvalue weighted by Crippen LogP contribution is 2.25. The standard InChI is InChI=1S/C10H10N2O2/c13-10(14)9-6-11-8(5-12-9)7-3-1-2-4-7/h3,5-6H,1-2,4H2,(H,13,14). The zero-order chi connectivity index (χ0) is 9.97. The van der Waals surface area contributed by atoms with Crippen molar-refractivity contribution in [3.05, 3.63) is 29.9 Å². The first-order chi connectivity index (χ1) is 6.77. The Morgan fingerprint density at radius 1 is 1.36 bits per heavy atom. The second kappa shape index (κ2) is 3.57. The fourth-order valence-corrected chi connectivity index (χ4v) is 1.51. The smallest absolute Gasteiger partial charge is 0.356 e. The Hall–Kier alpha value is -1.71. The number of nitrogens with zero attached hydrogens (tertiary/aromatic N) is 2. The summed E-state index contributed by atoms with van der Waals surface area (Å²) in [6.07, 6.45) is 8.21. The highest BCUT2D eigenvalue weighted by Gasteiger charge is 2.10. The van der Waals surface area contributed by atoms with Crippen LogP contribution in [0.25, 0.3) is 5.57 Å². The summed E-state index contributed by atoms with van der Waals surface area (Å²) in [6, 6.07) is 0. The molecule has 14 heavy (non-hydrogen) atoms. The molecule has 0 atom stereocenters. The lowest BCUT2D eigenvalue weighted by atomic mass is 10.2. The van der Waals surface area contributed by atoms with E-state index in [0.717, 1.165) is 25.0 Å². The monoisotopic (exact) mass is 190 g/mol. The molecule has 0 unspecified atom stereocenters. The van der Waals surface area contributed by atoms with Crippen LogP contribution >= 0.6 is 0 Å². The van der Waals surface area contributed by atoms with E-state index in [2.05, 4.69) is 16.0 Å². The fraction of sp³-hybridized carbons (Fsp3) is 0.300. The van der Waals surface area contributed by atoms with Crippen molar-refractivity contribution in [1.29, 1.82) is 0 Å². The van der Waals surface area contributed by atoms with Gasteiger partial charge in [0.2, 0.25) is 0 Å². The van der Waals surface area contributed by atoms with E-state index in [4.69, 9.17) is 5.11 Å². The maximum absolute atomic E-state index is 10.5. The molecule has 0 aliphatic heterocycles. The SMILES string of the molecule is O=C(O)c1cnc(C2=CCCC2)cn1. The largest absolute Gasteiger partial charge is 0.476 e. The third kappa shape index (κ3) is 1.64. The van der Waals surface area contributed by atoms with Crippen molar-refractivity contribution in [1.82, 2.24) is 9.97 Å². The lowest BCUT2D eigenvalue weighted by Gasteiger charge is -2.00. The van der Waals surface area contributed by atoms with E-state index in [1.54, 1.807) is 0 Å². The van der Waals surface area contributed by atoms with Gasteiger partial charge in [0.25, 0.3) is 0 Å². The average Bonchev–Trinajstić information content (AvgIpc) is 2.71. The summed E-state index contributed by atoms with van der Waals surface area (Å²) in [6.45, 7) is 0. The van der Waals surface area contributed by atoms with Crippen molar-refractivity contribution < 1.29 is 9.90 Å². The molecule has 0 radical (unpaired) electrons. The number of aromatic carboxylic acids is 1. The van der Waals surface area contributed by atoms with E-state index in [9.17, 15) is 4.79 Å². The number of allylic oxidation sites excluding steroid dienone is 2. The van der Waals surface area contributed by atoms with Gasteiger partial charge < -0.3 is 5.11 Å². The van der Waals surface area contributed by atoms with Gasteiger partial charge in [0.1, 0.15) is 0 Å². The lowest BCUT2D eigenvalue weighted by molar-refractivity contribution is 0.0690. The fourth-order valence-electron chi connectivity index (χ4n) is 1.51. The van der Waals surface area contributed by atoms with Crippen LogP contribution in [0, 0.1) is 0 Å². The topological polar surface area (TPSA) is 63.1 Å². The van der Waals surface area contributed by atoms with Gasteiger partial charge in [0, 0.05) is 0 Å². The summed E-state index contributed by atoms with van der Waals surface area (Å²) in [4.78, 5) is 18.4. The minimum absolute atomic E-state index is 0.00709. The van der Waals surface area contributed by atoms with Crippen LogP contribution in [0.2, 0.25) is 0 Å². The maximum Gasteiger partial charge on any atom is 0.356 e. The first-order valence-electron chi connectivity index (χ1n) is 4.52. The van der Waals surface area contributed by atoms with Crippen LogP contribution in [-0.2, 0) is 0 Å². The van der Waals surface area contributed by atoms with Crippen LogP contribution in [0.5, 0.6) is 0 Å². The van der Waals surface area contributed by atoms with Crippen LogP contribution in [-0.4, -0.2) is 21.0 Å². The molecule has 1 aliphatic rings. The highest BCUT2D eigenvalue weighted by atomic mass is 16.4. The van der Waals surface area contributed by atoms with Gasteiger partial charge in [-0.1, -0.05) is 6.08 Å². The number of hydrogen-bond acceptors (Lipinski definition) is 3. The predicted molar refractivity (Wildman–Crippen MR) is 50.8 cm³/mol. The van der Waals surface area contributed by atoms with E-state index in [1.807, 2.05) is 0 Å². The summed E-state index contributed by atoms with van der Waals surface area (Å²) < 4.78 is 0. The molecule has 0 amide bonds. The van der Waals surface area contributed by atoms with Gasteiger partial charge in [-0.25, -0.2) is 9.78 Å². The summed E-state index contributed by atoms with van der Waals surface area (Å²) >= 11 is 0. The number of carboxylic acid groups (broad SMARTS) is 1. The molecule has 1 aliphatic carbocycles. The van der Waals surface area contributed by atoms with Crippen molar-refractivity contribution in [2.24, 2.45) is 0 Å². The van der Waals surface area contributed by atoms with Crippen LogP contribution < -0.4 is 0 Å². The summed E-state index contributed by atoms with van der Waals surface area (Å²) in [5, 5.41) is 8.62. The number of carbonyl (C=O) groups is 1. The molecule has 2 rings (SSSR count). The second-order valence-corrected chi connectivity index (χ2v) is 3.21. The predicted octanol–water partition coefficient (Wildman–Crippen LogP) is 1.74. The van der Waals surface area contributed by atoms with Crippen molar-refractivity contribution in [3.63, 3.8) is 0 Å². The van der Waals surface area contributed by atoms with Crippen LogP contribution in [0.1, 0.15) is 35.4 Å². The quantitative estimate of drug-likeness (QED) is 0.771. The van der Waals surface area contributed by atoms with Crippen LogP contribution in [0.15, 0.2) is 18.5 Å². The molecular formula is C10H10N2O2. The van der Waals surface area contributed by atoms with Crippen molar-refractivity contribution in [2.75, 3.05) is 0 Å². The molecule has 0 aromatic carbocycles. The summed E-state index contributed by atoms with van der Waals surface area (Å²) in [5.41, 5.74) is 1.97. The van der Waals surface area contributed by atoms with Crippen molar-refractivity contribution in [2.45, 2.75) is 19.3 Å². The van der Waals surface area contributed by atoms with Gasteiger partial charge in [0.05, 0.1) is 18.1 Å². The van der Waals surface area contributed by atoms with Gasteiger partial charge in [-0.2, -0.15) is 0 Å². The van der Waals surface area contributed by atoms with Crippen LogP contribution in [0.3, 0.4) is 0 Å². The third-order valence-electron chi connectivity index (χ3n) is 2.24. The second-order valence-electron chi connectivity index (χ2n) is 3.21. The highest BCUT2D eigenvalue weighted by molar-refractivity contribution is 5.85. The van der Waals surface area contributed by atoms with Crippen molar-refractivity contribution >= 4 is 11.5 Å². The van der Waals surface area contributed by atoms with Gasteiger partial charge in [-0.3, -0.25) is 4.98 Å². The molecule has 1 aromatic rings. The first kappa shape index (κ1) is 8.87. The van der Waals surface area contributed by atoms with Crippen LogP contribution in [0.4, 0.5) is 0 Å². The van der Waals surface area contributed by atoms with E-state index >= 15 is 0 Å². The van der Waals surface area contributed by atoms with Gasteiger partial charge >= 0.3 is 5.97 Å². The van der Waals surface area contributed by atoms with Gasteiger partial charge in [-0.05, 0) is 24.8 Å². The minimum Gasteiger partial charge on any atom is -0.476 e. The Morgan fingerprint density at radius 3 is 2.71 bits per heavy atom. The Labute approximate surface area is 81.3 Å². The van der Waals surface area contributed by atoms with E-state index in [1.165, 1.54) is 18.0 Å². The Morgan fingerprint density at radius 2 is 2.21 bits per heavy atom. The molecule has 1 N–H and O–H groups in total. The number of rotatable bonds is 2. The average molecular weight is 190 g/mol. The molecule has 0 bridgehead atoms. The molecule has 72 valence electrons. The number of hydrogen-bond donors (Lipinski definition) is 1. The number of aromatic nitrogens is 2. The first-order valence-corrected chi connectivity index (χ1v) is 4.52. The molecule has 4 nitrogen and oxygen atoms in total. The zero-order valence-corrected chi connectivity index (χ0v) is 7.60. The van der Waals surface area contributed by atoms with E-state index < -0.39 is 5.97 Å². The molecule has 4 heteroatoms. The Balaban J connectivity index is 2.25. The van der Waals surface area contributed by atoms with Gasteiger partial charge in [0.15, 0.2) is 5.69 Å². The molecule has 1 heterocycles. The molecular weight excluding hydrogens is 180 g/mol. The molecule has 0 saturated heterocycles. The third-order valence-corrected chi connectivity index (χ3v) is 2.24. The zero-order valence-electron chi connectivity index (χ0n) is 7.60. The Kier molecular flexibility index (Phi) is 2.26. The number of carboxylic acids is 1. The molecule has 0 spiro atoms. The summed E-state index contributed by atoms with van der Waals surface area (Å²) in [7, 11) is 0. The van der Waals surface area contributed by atoms with E-state index in [0.29, 0.717) is 0 Å². The summed E-state index contributed by atoms with van der Waals surface area (Å²) in [5.74, 6) is -1.04. The van der Waals surface area contributed by atoms with E-state index in [-0.39, 0.29) is 5.69 Å².